The van der Waals surface area contributed by atoms with Gasteiger partial charge in [-0.3, -0.25) is 9.69 Å². The smallest absolute Gasteiger partial charge is 0.238 e. The Balaban J connectivity index is 1.89. The number of aryl methyl sites for hydroxylation is 1. The molecule has 0 aromatic heterocycles. The Hall–Kier alpha value is -0.950. The Labute approximate surface area is 120 Å². The Morgan fingerprint density at radius 3 is 2.63 bits per heavy atom. The summed E-state index contributed by atoms with van der Waals surface area (Å²) in [5, 5.41) is 21.6. The average molecular weight is 329 g/mol. The van der Waals surface area contributed by atoms with Crippen molar-refractivity contribution in [2.45, 2.75) is 19.1 Å². The fraction of sp³-hybridized carbons (Fsp3) is 0.462. The van der Waals surface area contributed by atoms with E-state index in [4.69, 9.17) is 0 Å². The maximum atomic E-state index is 11.9. The van der Waals surface area contributed by atoms with Crippen LogP contribution in [0.2, 0.25) is 0 Å². The lowest BCUT2D eigenvalue weighted by atomic mass is 10.2. The third-order valence-electron chi connectivity index (χ3n) is 3.14. The molecule has 2 atom stereocenters. The molecule has 19 heavy (non-hydrogen) atoms. The summed E-state index contributed by atoms with van der Waals surface area (Å²) in [6.07, 6.45) is -1.52. The van der Waals surface area contributed by atoms with Crippen molar-refractivity contribution in [3.05, 3.63) is 28.2 Å². The number of anilines is 1. The molecule has 0 saturated carbocycles. The van der Waals surface area contributed by atoms with Crippen LogP contribution in [0.4, 0.5) is 5.69 Å². The third kappa shape index (κ3) is 3.76. The van der Waals surface area contributed by atoms with Gasteiger partial charge >= 0.3 is 0 Å². The molecule has 2 rings (SSSR count). The molecule has 0 bridgehead atoms. The molecular weight excluding hydrogens is 312 g/mol. The predicted molar refractivity (Wildman–Crippen MR) is 76.0 cm³/mol. The molecule has 1 amide bonds. The molecule has 0 spiro atoms. The number of hydrogen-bond donors (Lipinski definition) is 3. The van der Waals surface area contributed by atoms with Crippen LogP contribution in [0.25, 0.3) is 0 Å². The molecule has 1 aliphatic heterocycles. The van der Waals surface area contributed by atoms with E-state index in [2.05, 4.69) is 21.2 Å². The Kier molecular flexibility index (Phi) is 4.57. The number of hydrogen-bond acceptors (Lipinski definition) is 4. The second kappa shape index (κ2) is 6.00. The van der Waals surface area contributed by atoms with Crippen molar-refractivity contribution < 1.29 is 15.0 Å². The van der Waals surface area contributed by atoms with E-state index in [0.29, 0.717) is 13.1 Å². The maximum Gasteiger partial charge on any atom is 0.238 e. The topological polar surface area (TPSA) is 72.8 Å². The van der Waals surface area contributed by atoms with E-state index in [0.717, 1.165) is 15.7 Å². The van der Waals surface area contributed by atoms with Crippen LogP contribution in [0, 0.1) is 6.92 Å². The molecule has 1 fully saturated rings. The molecule has 5 nitrogen and oxygen atoms in total. The summed E-state index contributed by atoms with van der Waals surface area (Å²) in [5.41, 5.74) is 1.79. The van der Waals surface area contributed by atoms with E-state index in [-0.39, 0.29) is 12.5 Å². The summed E-state index contributed by atoms with van der Waals surface area (Å²) in [6.45, 7) is 2.78. The number of carbonyl (C=O) groups excluding carboxylic acids is 1. The molecule has 1 aromatic rings. The zero-order valence-electron chi connectivity index (χ0n) is 10.6. The molecule has 1 heterocycles. The van der Waals surface area contributed by atoms with Crippen molar-refractivity contribution in [3.63, 3.8) is 0 Å². The number of nitrogens with one attached hydrogen (secondary N) is 1. The number of nitrogens with zero attached hydrogens (tertiary/aromatic N) is 1. The summed E-state index contributed by atoms with van der Waals surface area (Å²) >= 11 is 3.40. The summed E-state index contributed by atoms with van der Waals surface area (Å²) in [5.74, 6) is -0.150. The minimum Gasteiger partial charge on any atom is -0.389 e. The van der Waals surface area contributed by atoms with Gasteiger partial charge in [-0.2, -0.15) is 0 Å². The normalized spacial score (nSPS) is 23.6. The predicted octanol–water partition coefficient (Wildman–Crippen LogP) is 0.733. The monoisotopic (exact) mass is 328 g/mol. The van der Waals surface area contributed by atoms with Gasteiger partial charge in [0.15, 0.2) is 0 Å². The first-order chi connectivity index (χ1) is 8.95. The van der Waals surface area contributed by atoms with Crippen LogP contribution >= 0.6 is 15.9 Å². The highest BCUT2D eigenvalue weighted by Crippen LogP contribution is 2.20. The standard InChI is InChI=1S/C13H17BrN2O3/c1-8-4-9(2-3-10(8)14)15-13(19)7-16-5-11(17)12(18)6-16/h2-4,11-12,17-18H,5-7H2,1H3,(H,15,19). The van der Waals surface area contributed by atoms with Crippen LogP contribution in [0.15, 0.2) is 22.7 Å². The first kappa shape index (κ1) is 14.5. The molecule has 1 aliphatic rings. The lowest BCUT2D eigenvalue weighted by Crippen LogP contribution is -2.32. The number of amides is 1. The molecule has 104 valence electrons. The van der Waals surface area contributed by atoms with E-state index in [1.54, 1.807) is 4.90 Å². The zero-order chi connectivity index (χ0) is 14.0. The van der Waals surface area contributed by atoms with E-state index in [9.17, 15) is 15.0 Å². The Bertz CT molecular complexity index is 471. The first-order valence-electron chi connectivity index (χ1n) is 6.10. The van der Waals surface area contributed by atoms with Gasteiger partial charge in [-0.25, -0.2) is 0 Å². The summed E-state index contributed by atoms with van der Waals surface area (Å²) in [6, 6.07) is 5.59. The van der Waals surface area contributed by atoms with Gasteiger partial charge in [0, 0.05) is 23.2 Å². The summed E-state index contributed by atoms with van der Waals surface area (Å²) in [7, 11) is 0. The van der Waals surface area contributed by atoms with Crippen molar-refractivity contribution >= 4 is 27.5 Å². The molecular formula is C13H17BrN2O3. The Morgan fingerprint density at radius 1 is 1.42 bits per heavy atom. The zero-order valence-corrected chi connectivity index (χ0v) is 12.2. The van der Waals surface area contributed by atoms with Crippen molar-refractivity contribution in [1.29, 1.82) is 0 Å². The largest absolute Gasteiger partial charge is 0.389 e. The van der Waals surface area contributed by atoms with Gasteiger partial charge in [-0.1, -0.05) is 15.9 Å². The number of β-amino-alcohol motifs (C(OH)–C–C–N with tert-alkyl or cyclic N) is 2. The number of aliphatic hydroxyl groups excluding tert-OH is 2. The number of benzene rings is 1. The number of aliphatic hydroxyl groups is 2. The van der Waals surface area contributed by atoms with Crippen LogP contribution in [0.3, 0.4) is 0 Å². The second-order valence-electron chi connectivity index (χ2n) is 4.84. The third-order valence-corrected chi connectivity index (χ3v) is 4.03. The molecule has 3 N–H and O–H groups in total. The molecule has 0 aliphatic carbocycles. The van der Waals surface area contributed by atoms with Gasteiger partial charge < -0.3 is 15.5 Å². The summed E-state index contributed by atoms with van der Waals surface area (Å²) in [4.78, 5) is 13.6. The van der Waals surface area contributed by atoms with E-state index >= 15 is 0 Å². The highest BCUT2D eigenvalue weighted by molar-refractivity contribution is 9.10. The molecule has 0 radical (unpaired) electrons. The van der Waals surface area contributed by atoms with Crippen LogP contribution in [-0.2, 0) is 4.79 Å². The van der Waals surface area contributed by atoms with Gasteiger partial charge in [-0.15, -0.1) is 0 Å². The molecule has 1 saturated heterocycles. The van der Waals surface area contributed by atoms with Gasteiger partial charge in [-0.05, 0) is 30.7 Å². The maximum absolute atomic E-state index is 11.9. The lowest BCUT2D eigenvalue weighted by molar-refractivity contribution is -0.117. The number of carbonyl (C=O) groups is 1. The van der Waals surface area contributed by atoms with Crippen LogP contribution in [-0.4, -0.2) is 52.9 Å². The van der Waals surface area contributed by atoms with E-state index in [1.807, 2.05) is 25.1 Å². The minimum atomic E-state index is -0.761. The quantitative estimate of drug-likeness (QED) is 0.765. The molecule has 2 unspecified atom stereocenters. The van der Waals surface area contributed by atoms with Crippen molar-refractivity contribution in [2.24, 2.45) is 0 Å². The van der Waals surface area contributed by atoms with Gasteiger partial charge in [0.25, 0.3) is 0 Å². The molecule has 1 aromatic carbocycles. The number of halogens is 1. The fourth-order valence-corrected chi connectivity index (χ4v) is 2.35. The molecule has 6 heteroatoms. The highest BCUT2D eigenvalue weighted by Gasteiger charge is 2.30. The highest BCUT2D eigenvalue weighted by atomic mass is 79.9. The van der Waals surface area contributed by atoms with Crippen LogP contribution in [0.1, 0.15) is 5.56 Å². The lowest BCUT2D eigenvalue weighted by Gasteiger charge is -2.14. The van der Waals surface area contributed by atoms with Gasteiger partial charge in [0.1, 0.15) is 0 Å². The second-order valence-corrected chi connectivity index (χ2v) is 5.70. The average Bonchev–Trinajstić information content (AvgIpc) is 2.63. The van der Waals surface area contributed by atoms with Crippen molar-refractivity contribution in [1.82, 2.24) is 4.90 Å². The van der Waals surface area contributed by atoms with E-state index in [1.165, 1.54) is 0 Å². The minimum absolute atomic E-state index is 0.150. The first-order valence-corrected chi connectivity index (χ1v) is 6.89. The van der Waals surface area contributed by atoms with Crippen molar-refractivity contribution in [3.8, 4) is 0 Å². The number of likely N-dealkylation sites (tertiary alicyclic amines) is 1. The van der Waals surface area contributed by atoms with Gasteiger partial charge in [0.05, 0.1) is 18.8 Å². The van der Waals surface area contributed by atoms with E-state index < -0.39 is 12.2 Å². The summed E-state index contributed by atoms with van der Waals surface area (Å²) < 4.78 is 0.997. The Morgan fingerprint density at radius 2 is 2.05 bits per heavy atom. The SMILES string of the molecule is Cc1cc(NC(=O)CN2CC(O)C(O)C2)ccc1Br. The fourth-order valence-electron chi connectivity index (χ4n) is 2.10. The van der Waals surface area contributed by atoms with Crippen LogP contribution < -0.4 is 5.32 Å². The van der Waals surface area contributed by atoms with Crippen molar-refractivity contribution in [2.75, 3.05) is 25.0 Å². The van der Waals surface area contributed by atoms with Crippen LogP contribution in [0.5, 0.6) is 0 Å². The van der Waals surface area contributed by atoms with Gasteiger partial charge in [0.2, 0.25) is 5.91 Å². The number of rotatable bonds is 3.